The fraction of sp³-hybridized carbons (Fsp3) is 0.438. The fourth-order valence-electron chi connectivity index (χ4n) is 5.62. The second kappa shape index (κ2) is 13.5. The van der Waals surface area contributed by atoms with Gasteiger partial charge in [0.1, 0.15) is 12.4 Å². The van der Waals surface area contributed by atoms with E-state index in [-0.39, 0.29) is 30.8 Å². The van der Waals surface area contributed by atoms with Crippen molar-refractivity contribution in [2.75, 3.05) is 33.7 Å². The van der Waals surface area contributed by atoms with Gasteiger partial charge < -0.3 is 28.4 Å². The first kappa shape index (κ1) is 27.0. The molecule has 6 nitrogen and oxygen atoms in total. The van der Waals surface area contributed by atoms with Crippen LogP contribution in [0.4, 0.5) is 0 Å². The Labute approximate surface area is 225 Å². The Hall–Kier alpha value is -2.58. The van der Waals surface area contributed by atoms with E-state index in [1.807, 2.05) is 54.6 Å². The average Bonchev–Trinajstić information content (AvgIpc) is 2.96. The zero-order valence-electron chi connectivity index (χ0n) is 22.1. The fourth-order valence-corrected chi connectivity index (χ4v) is 5.62. The topological polar surface area (TPSA) is 55.4 Å². The maximum atomic E-state index is 6.58. The molecule has 0 aromatic heterocycles. The van der Waals surface area contributed by atoms with Crippen LogP contribution < -0.4 is 0 Å². The lowest BCUT2D eigenvalue weighted by molar-refractivity contribution is -0.346. The van der Waals surface area contributed by atoms with E-state index < -0.39 is 5.60 Å². The smallest absolute Gasteiger partial charge is 0.147 e. The van der Waals surface area contributed by atoms with Crippen LogP contribution in [0.25, 0.3) is 0 Å². The summed E-state index contributed by atoms with van der Waals surface area (Å²) in [4.78, 5) is 0. The molecule has 202 valence electrons. The van der Waals surface area contributed by atoms with E-state index in [1.165, 1.54) is 0 Å². The van der Waals surface area contributed by atoms with E-state index in [9.17, 15) is 0 Å². The van der Waals surface area contributed by atoms with Gasteiger partial charge in [0.25, 0.3) is 0 Å². The molecule has 38 heavy (non-hydrogen) atoms. The third-order valence-corrected chi connectivity index (χ3v) is 7.71. The molecule has 1 saturated heterocycles. The summed E-state index contributed by atoms with van der Waals surface area (Å²) in [7, 11) is 1.65. The number of fused-ring (bicyclic) bond motifs is 1. The Morgan fingerprint density at radius 2 is 1.29 bits per heavy atom. The van der Waals surface area contributed by atoms with Crippen LogP contribution in [0, 0.1) is 11.8 Å². The lowest BCUT2D eigenvalue weighted by Crippen LogP contribution is -2.72. The van der Waals surface area contributed by atoms with Crippen LogP contribution in [0.1, 0.15) is 23.1 Å². The van der Waals surface area contributed by atoms with Gasteiger partial charge in [0.05, 0.1) is 51.8 Å². The summed E-state index contributed by atoms with van der Waals surface area (Å²) in [6, 6.07) is 30.8. The van der Waals surface area contributed by atoms with Gasteiger partial charge in [-0.2, -0.15) is 0 Å². The third-order valence-electron chi connectivity index (χ3n) is 7.71. The summed E-state index contributed by atoms with van der Waals surface area (Å²) >= 11 is 0. The summed E-state index contributed by atoms with van der Waals surface area (Å²) in [6.45, 7) is 3.41. The van der Waals surface area contributed by atoms with Crippen molar-refractivity contribution in [2.45, 2.75) is 44.1 Å². The highest BCUT2D eigenvalue weighted by Crippen LogP contribution is 2.49. The highest BCUT2D eigenvalue weighted by Gasteiger charge is 2.62. The van der Waals surface area contributed by atoms with Crippen LogP contribution in [0.2, 0.25) is 0 Å². The van der Waals surface area contributed by atoms with E-state index in [2.05, 4.69) is 36.4 Å². The van der Waals surface area contributed by atoms with Gasteiger partial charge in [-0.3, -0.25) is 0 Å². The maximum absolute atomic E-state index is 6.58. The minimum atomic E-state index is -0.486. The highest BCUT2D eigenvalue weighted by molar-refractivity contribution is 5.16. The van der Waals surface area contributed by atoms with E-state index in [0.717, 1.165) is 23.1 Å². The quantitative estimate of drug-likeness (QED) is 0.267. The van der Waals surface area contributed by atoms with Crippen molar-refractivity contribution in [1.29, 1.82) is 0 Å². The van der Waals surface area contributed by atoms with E-state index >= 15 is 0 Å². The van der Waals surface area contributed by atoms with E-state index in [4.69, 9.17) is 28.4 Å². The van der Waals surface area contributed by atoms with Crippen molar-refractivity contribution >= 4 is 0 Å². The van der Waals surface area contributed by atoms with Crippen LogP contribution in [0.3, 0.4) is 0 Å². The van der Waals surface area contributed by atoms with Crippen molar-refractivity contribution in [1.82, 2.24) is 0 Å². The molecule has 0 radical (unpaired) electrons. The summed E-state index contributed by atoms with van der Waals surface area (Å²) in [5.41, 5.74) is 2.96. The second-order valence-corrected chi connectivity index (χ2v) is 10.1. The number of hydrogen-bond donors (Lipinski definition) is 0. The largest absolute Gasteiger partial charge is 0.376 e. The second-order valence-electron chi connectivity index (χ2n) is 10.1. The van der Waals surface area contributed by atoms with Crippen molar-refractivity contribution in [3.05, 3.63) is 108 Å². The van der Waals surface area contributed by atoms with Gasteiger partial charge in [-0.15, -0.1) is 0 Å². The molecule has 5 atom stereocenters. The Bertz CT molecular complexity index is 1080. The predicted octanol–water partition coefficient (Wildman–Crippen LogP) is 5.40. The van der Waals surface area contributed by atoms with Crippen molar-refractivity contribution in [3.63, 3.8) is 0 Å². The first-order chi connectivity index (χ1) is 18.8. The average molecular weight is 519 g/mol. The van der Waals surface area contributed by atoms with Crippen molar-refractivity contribution < 1.29 is 28.4 Å². The number of hydrogen-bond acceptors (Lipinski definition) is 6. The minimum absolute atomic E-state index is 0.0189. The zero-order valence-corrected chi connectivity index (χ0v) is 22.1. The molecule has 2 fully saturated rings. The lowest BCUT2D eigenvalue weighted by Gasteiger charge is -2.59. The summed E-state index contributed by atoms with van der Waals surface area (Å²) in [5, 5.41) is 0. The van der Waals surface area contributed by atoms with Crippen molar-refractivity contribution in [2.24, 2.45) is 11.8 Å². The molecule has 1 aliphatic heterocycles. The molecule has 0 spiro atoms. The molecular formula is C32H38O6. The molecule has 0 amide bonds. The van der Waals surface area contributed by atoms with Crippen LogP contribution in [0.5, 0.6) is 0 Å². The zero-order chi connectivity index (χ0) is 26.0. The van der Waals surface area contributed by atoms with Crippen LogP contribution in [-0.2, 0) is 48.2 Å². The molecule has 6 heteroatoms. The van der Waals surface area contributed by atoms with E-state index in [1.54, 1.807) is 7.11 Å². The molecule has 3 aromatic rings. The number of methoxy groups -OCH3 is 1. The van der Waals surface area contributed by atoms with Crippen LogP contribution in [-0.4, -0.2) is 51.5 Å². The molecular weight excluding hydrogens is 480 g/mol. The van der Waals surface area contributed by atoms with Crippen LogP contribution >= 0.6 is 0 Å². The van der Waals surface area contributed by atoms with Gasteiger partial charge in [-0.25, -0.2) is 0 Å². The molecule has 0 unspecified atom stereocenters. The van der Waals surface area contributed by atoms with Gasteiger partial charge in [0.2, 0.25) is 0 Å². The Morgan fingerprint density at radius 3 is 1.82 bits per heavy atom. The number of benzene rings is 3. The molecule has 5 rings (SSSR count). The lowest BCUT2D eigenvalue weighted by atomic mass is 9.64. The highest BCUT2D eigenvalue weighted by atomic mass is 16.7. The SMILES string of the molecule is COCO[C@@]12CO[C@@H]1C[C@H](OCc1ccccc1)[C@@H](COCc1ccccc1)[C@H]2COCc1ccccc1. The molecule has 1 aliphatic carbocycles. The summed E-state index contributed by atoms with van der Waals surface area (Å²) < 4.78 is 37.1. The molecule has 3 aromatic carbocycles. The minimum Gasteiger partial charge on any atom is -0.376 e. The Balaban J connectivity index is 1.34. The normalized spacial score (nSPS) is 26.4. The molecule has 0 N–H and O–H groups in total. The summed E-state index contributed by atoms with van der Waals surface area (Å²) in [6.07, 6.45) is 0.612. The molecule has 0 bridgehead atoms. The third kappa shape index (κ3) is 6.52. The first-order valence-corrected chi connectivity index (χ1v) is 13.4. The van der Waals surface area contributed by atoms with Gasteiger partial charge in [0, 0.05) is 25.4 Å². The van der Waals surface area contributed by atoms with Crippen molar-refractivity contribution in [3.8, 4) is 0 Å². The molecule has 1 saturated carbocycles. The predicted molar refractivity (Wildman–Crippen MR) is 144 cm³/mol. The summed E-state index contributed by atoms with van der Waals surface area (Å²) in [5.74, 6) is 0.0839. The molecule has 2 aliphatic rings. The van der Waals surface area contributed by atoms with Gasteiger partial charge in [-0.05, 0) is 16.7 Å². The molecule has 1 heterocycles. The van der Waals surface area contributed by atoms with E-state index in [0.29, 0.717) is 39.6 Å². The number of rotatable bonds is 14. The number of ether oxygens (including phenoxy) is 6. The van der Waals surface area contributed by atoms with Crippen LogP contribution in [0.15, 0.2) is 91.0 Å². The van der Waals surface area contributed by atoms with Gasteiger partial charge >= 0.3 is 0 Å². The maximum Gasteiger partial charge on any atom is 0.147 e. The monoisotopic (exact) mass is 518 g/mol. The van der Waals surface area contributed by atoms with Gasteiger partial charge in [-0.1, -0.05) is 91.0 Å². The van der Waals surface area contributed by atoms with Gasteiger partial charge in [0.15, 0.2) is 0 Å². The first-order valence-electron chi connectivity index (χ1n) is 13.4. The Morgan fingerprint density at radius 1 is 0.737 bits per heavy atom. The Kier molecular flexibility index (Phi) is 9.57. The standard InChI is InChI=1S/C32H38O6/c1-33-24-38-32-23-37-31(32)17-30(36-20-27-15-9-4-10-16-27)28(21-34-18-25-11-5-2-6-12-25)29(32)22-35-19-26-13-7-3-8-14-26/h2-16,28-31H,17-24H2,1H3/t28-,29+,30-,31+,32+/m0/s1.